The van der Waals surface area contributed by atoms with E-state index in [2.05, 4.69) is 20.8 Å². The predicted octanol–water partition coefficient (Wildman–Crippen LogP) is -0.0248. The molecule has 1 heterocycles. The van der Waals surface area contributed by atoms with Gasteiger partial charge in [-0.25, -0.2) is 13.5 Å². The molecule has 0 aliphatic rings. The molecule has 1 atom stereocenters. The Labute approximate surface area is 118 Å². The Bertz CT molecular complexity index is 631. The molecule has 0 spiro atoms. The van der Waals surface area contributed by atoms with Crippen molar-refractivity contribution in [3.63, 3.8) is 0 Å². The van der Waals surface area contributed by atoms with Gasteiger partial charge in [0, 0.05) is 11.6 Å². The number of nitrogens with one attached hydrogen (secondary N) is 1. The van der Waals surface area contributed by atoms with Crippen LogP contribution in [0.1, 0.15) is 12.5 Å². The number of amides is 1. The third kappa shape index (κ3) is 3.78. The van der Waals surface area contributed by atoms with Crippen molar-refractivity contribution in [1.82, 2.24) is 25.5 Å². The quantitative estimate of drug-likeness (QED) is 0.809. The zero-order valence-electron chi connectivity index (χ0n) is 11.1. The number of rotatable bonds is 5. The number of aromatic nitrogens is 4. The molecule has 0 radical (unpaired) electrons. The fourth-order valence-electron chi connectivity index (χ4n) is 1.75. The van der Waals surface area contributed by atoms with Crippen LogP contribution in [0.3, 0.4) is 0 Å². The smallest absolute Gasteiger partial charge is 0.241 e. The summed E-state index contributed by atoms with van der Waals surface area (Å²) in [7, 11) is 0. The highest BCUT2D eigenvalue weighted by Crippen LogP contribution is 2.23. The lowest BCUT2D eigenvalue weighted by Gasteiger charge is -2.24. The van der Waals surface area contributed by atoms with Crippen LogP contribution in [0, 0.1) is 11.6 Å². The van der Waals surface area contributed by atoms with Gasteiger partial charge in [-0.15, -0.1) is 5.10 Å². The van der Waals surface area contributed by atoms with Crippen LogP contribution >= 0.6 is 0 Å². The molecule has 0 saturated carbocycles. The summed E-state index contributed by atoms with van der Waals surface area (Å²) in [5.74, 6) is -2.07. The van der Waals surface area contributed by atoms with E-state index in [1.54, 1.807) is 0 Å². The third-order valence-corrected chi connectivity index (χ3v) is 2.84. The van der Waals surface area contributed by atoms with Gasteiger partial charge >= 0.3 is 0 Å². The van der Waals surface area contributed by atoms with Crippen molar-refractivity contribution >= 4 is 5.91 Å². The van der Waals surface area contributed by atoms with Crippen LogP contribution in [-0.4, -0.2) is 37.8 Å². The SMILES string of the molecule is C[C@@](O)(CNC(=O)Cn1cnnn1)c1ccc(F)cc1F. The van der Waals surface area contributed by atoms with Crippen LogP contribution in [0.5, 0.6) is 0 Å². The Morgan fingerprint density at radius 1 is 1.48 bits per heavy atom. The van der Waals surface area contributed by atoms with Crippen LogP contribution < -0.4 is 5.32 Å². The number of hydrogen-bond donors (Lipinski definition) is 2. The van der Waals surface area contributed by atoms with Gasteiger partial charge in [-0.2, -0.15) is 0 Å². The largest absolute Gasteiger partial charge is 0.383 e. The van der Waals surface area contributed by atoms with E-state index in [0.717, 1.165) is 12.1 Å². The van der Waals surface area contributed by atoms with Crippen molar-refractivity contribution in [3.8, 4) is 0 Å². The molecular weight excluding hydrogens is 284 g/mol. The van der Waals surface area contributed by atoms with Crippen LogP contribution in [0.2, 0.25) is 0 Å². The number of carbonyl (C=O) groups excluding carboxylic acids is 1. The van der Waals surface area contributed by atoms with Gasteiger partial charge in [0.15, 0.2) is 0 Å². The van der Waals surface area contributed by atoms with Gasteiger partial charge in [-0.1, -0.05) is 6.07 Å². The summed E-state index contributed by atoms with van der Waals surface area (Å²) in [5, 5.41) is 22.9. The number of benzene rings is 1. The third-order valence-electron chi connectivity index (χ3n) is 2.84. The standard InChI is InChI=1S/C12H13F2N5O2/c1-12(21,9-3-2-8(13)4-10(9)14)6-15-11(20)5-19-7-16-17-18-19/h2-4,7,21H,5-6H2,1H3,(H,15,20)/t12-/m1/s1. The zero-order chi connectivity index (χ0) is 15.5. The molecular formula is C12H13F2N5O2. The van der Waals surface area contributed by atoms with Crippen molar-refractivity contribution in [2.75, 3.05) is 6.54 Å². The molecule has 0 unspecified atom stereocenters. The highest BCUT2D eigenvalue weighted by molar-refractivity contribution is 5.75. The van der Waals surface area contributed by atoms with Crippen molar-refractivity contribution in [1.29, 1.82) is 0 Å². The average molecular weight is 297 g/mol. The molecule has 7 nitrogen and oxygen atoms in total. The van der Waals surface area contributed by atoms with E-state index in [-0.39, 0.29) is 18.7 Å². The predicted molar refractivity (Wildman–Crippen MR) is 66.8 cm³/mol. The summed E-state index contributed by atoms with van der Waals surface area (Å²) in [4.78, 5) is 11.6. The number of hydrogen-bond acceptors (Lipinski definition) is 5. The summed E-state index contributed by atoms with van der Waals surface area (Å²) >= 11 is 0. The van der Waals surface area contributed by atoms with E-state index >= 15 is 0 Å². The van der Waals surface area contributed by atoms with E-state index in [1.165, 1.54) is 17.9 Å². The fraction of sp³-hybridized carbons (Fsp3) is 0.333. The Morgan fingerprint density at radius 2 is 2.24 bits per heavy atom. The topological polar surface area (TPSA) is 92.9 Å². The summed E-state index contributed by atoms with van der Waals surface area (Å²) in [6.07, 6.45) is 1.26. The minimum Gasteiger partial charge on any atom is -0.383 e. The summed E-state index contributed by atoms with van der Waals surface area (Å²) < 4.78 is 27.7. The normalized spacial score (nSPS) is 13.7. The molecule has 21 heavy (non-hydrogen) atoms. The number of aliphatic hydroxyl groups is 1. The van der Waals surface area contributed by atoms with Crippen molar-refractivity contribution in [2.45, 2.75) is 19.1 Å². The van der Waals surface area contributed by atoms with Gasteiger partial charge in [0.1, 0.15) is 30.1 Å². The van der Waals surface area contributed by atoms with E-state index in [1.807, 2.05) is 0 Å². The number of carbonyl (C=O) groups is 1. The lowest BCUT2D eigenvalue weighted by Crippen LogP contribution is -2.40. The Balaban J connectivity index is 1.98. The van der Waals surface area contributed by atoms with Gasteiger partial charge in [0.2, 0.25) is 5.91 Å². The maximum absolute atomic E-state index is 13.6. The minimum atomic E-state index is -1.67. The average Bonchev–Trinajstić information content (AvgIpc) is 2.89. The molecule has 0 bridgehead atoms. The monoisotopic (exact) mass is 297 g/mol. The van der Waals surface area contributed by atoms with E-state index in [4.69, 9.17) is 0 Å². The highest BCUT2D eigenvalue weighted by Gasteiger charge is 2.27. The van der Waals surface area contributed by atoms with E-state index in [0.29, 0.717) is 6.07 Å². The molecule has 9 heteroatoms. The maximum Gasteiger partial charge on any atom is 0.241 e. The lowest BCUT2D eigenvalue weighted by molar-refractivity contribution is -0.123. The Hall–Kier alpha value is -2.42. The number of tetrazole rings is 1. The first-order chi connectivity index (χ1) is 9.88. The number of halogens is 2. The molecule has 0 fully saturated rings. The highest BCUT2D eigenvalue weighted by atomic mass is 19.1. The molecule has 1 aromatic heterocycles. The first-order valence-corrected chi connectivity index (χ1v) is 6.04. The first kappa shape index (κ1) is 15.0. The van der Waals surface area contributed by atoms with Crippen LogP contribution in [-0.2, 0) is 16.9 Å². The van der Waals surface area contributed by atoms with Gasteiger partial charge in [0.05, 0.1) is 6.54 Å². The second kappa shape index (κ2) is 5.92. The lowest BCUT2D eigenvalue weighted by atomic mass is 9.95. The van der Waals surface area contributed by atoms with Gasteiger partial charge in [0.25, 0.3) is 0 Å². The van der Waals surface area contributed by atoms with Gasteiger partial charge in [-0.3, -0.25) is 4.79 Å². The van der Waals surface area contributed by atoms with Crippen LogP contribution in [0.4, 0.5) is 8.78 Å². The molecule has 2 rings (SSSR count). The van der Waals surface area contributed by atoms with Crippen molar-refractivity contribution < 1.29 is 18.7 Å². The van der Waals surface area contributed by atoms with Crippen LogP contribution in [0.15, 0.2) is 24.5 Å². The van der Waals surface area contributed by atoms with E-state index in [9.17, 15) is 18.7 Å². The summed E-state index contributed by atoms with van der Waals surface area (Å²) in [5.41, 5.74) is -1.78. The molecule has 0 aliphatic carbocycles. The van der Waals surface area contributed by atoms with E-state index < -0.39 is 23.1 Å². The second-order valence-corrected chi connectivity index (χ2v) is 4.68. The fourth-order valence-corrected chi connectivity index (χ4v) is 1.75. The minimum absolute atomic E-state index is 0.105. The zero-order valence-corrected chi connectivity index (χ0v) is 11.1. The molecule has 2 aromatic rings. The van der Waals surface area contributed by atoms with Crippen molar-refractivity contribution in [2.24, 2.45) is 0 Å². The number of nitrogens with zero attached hydrogens (tertiary/aromatic N) is 4. The molecule has 112 valence electrons. The molecule has 1 amide bonds. The first-order valence-electron chi connectivity index (χ1n) is 6.04. The molecule has 0 saturated heterocycles. The maximum atomic E-state index is 13.6. The van der Waals surface area contributed by atoms with Gasteiger partial charge in [-0.05, 0) is 23.4 Å². The summed E-state index contributed by atoms with van der Waals surface area (Å²) in [6.45, 7) is 0.951. The second-order valence-electron chi connectivity index (χ2n) is 4.68. The summed E-state index contributed by atoms with van der Waals surface area (Å²) in [6, 6.07) is 2.85. The molecule has 1 aromatic carbocycles. The van der Waals surface area contributed by atoms with Crippen LogP contribution in [0.25, 0.3) is 0 Å². The Kier molecular flexibility index (Phi) is 4.22. The Morgan fingerprint density at radius 3 is 2.86 bits per heavy atom. The van der Waals surface area contributed by atoms with Crippen molar-refractivity contribution in [3.05, 3.63) is 41.7 Å². The molecule has 2 N–H and O–H groups in total. The molecule has 0 aliphatic heterocycles. The van der Waals surface area contributed by atoms with Gasteiger partial charge < -0.3 is 10.4 Å².